The number of para-hydroxylation sites is 1. The van der Waals surface area contributed by atoms with E-state index in [1.165, 1.54) is 0 Å². The van der Waals surface area contributed by atoms with Gasteiger partial charge >= 0.3 is 0 Å². The first kappa shape index (κ1) is 12.1. The van der Waals surface area contributed by atoms with Gasteiger partial charge in [-0.2, -0.15) is 5.26 Å². The van der Waals surface area contributed by atoms with E-state index in [4.69, 9.17) is 4.74 Å². The molecule has 0 N–H and O–H groups in total. The van der Waals surface area contributed by atoms with Crippen molar-refractivity contribution in [3.05, 3.63) is 65.7 Å². The largest absolute Gasteiger partial charge is 0.361 e. The number of benzene rings is 2. The van der Waals surface area contributed by atoms with Gasteiger partial charge in [-0.15, -0.1) is 0 Å². The number of fused-ring (bicyclic) bond motifs is 3. The molecule has 4 rings (SSSR count). The Labute approximate surface area is 122 Å². The van der Waals surface area contributed by atoms with Gasteiger partial charge in [0.1, 0.15) is 12.2 Å². The molecule has 2 heterocycles. The lowest BCUT2D eigenvalue weighted by atomic mass is 9.95. The highest BCUT2D eigenvalue weighted by Crippen LogP contribution is 2.51. The van der Waals surface area contributed by atoms with Gasteiger partial charge in [-0.05, 0) is 18.2 Å². The number of nitrogens with zero attached hydrogens (tertiary/aromatic N) is 2. The predicted molar refractivity (Wildman–Crippen MR) is 76.7 cm³/mol. The lowest BCUT2D eigenvalue weighted by Gasteiger charge is -2.31. The van der Waals surface area contributed by atoms with Crippen LogP contribution < -0.4 is 4.90 Å². The van der Waals surface area contributed by atoms with Crippen LogP contribution in [0.4, 0.5) is 5.69 Å². The fourth-order valence-electron chi connectivity index (χ4n) is 2.95. The zero-order chi connectivity index (χ0) is 14.4. The zero-order valence-corrected chi connectivity index (χ0v) is 11.1. The molecule has 0 saturated carbocycles. The van der Waals surface area contributed by atoms with E-state index in [1.807, 2.05) is 42.5 Å². The van der Waals surface area contributed by atoms with Crippen LogP contribution in [-0.4, -0.2) is 18.1 Å². The molecule has 1 fully saturated rings. The summed E-state index contributed by atoms with van der Waals surface area (Å²) < 4.78 is 5.61. The Morgan fingerprint density at radius 2 is 1.81 bits per heavy atom. The second-order valence-corrected chi connectivity index (χ2v) is 5.20. The average molecular weight is 276 g/mol. The number of epoxide rings is 1. The highest BCUT2D eigenvalue weighted by molar-refractivity contribution is 6.07. The molecule has 2 aromatic rings. The minimum atomic E-state index is -0.572. The Morgan fingerprint density at radius 3 is 2.57 bits per heavy atom. The maximum Gasteiger partial charge on any atom is 0.259 e. The van der Waals surface area contributed by atoms with Gasteiger partial charge in [-0.3, -0.25) is 9.69 Å². The quantitative estimate of drug-likeness (QED) is 0.752. The van der Waals surface area contributed by atoms with Gasteiger partial charge in [-0.25, -0.2) is 0 Å². The summed E-state index contributed by atoms with van der Waals surface area (Å²) in [6, 6.07) is 18.3. The molecule has 3 atom stereocenters. The molecule has 0 aromatic heterocycles. The fourth-order valence-corrected chi connectivity index (χ4v) is 2.95. The van der Waals surface area contributed by atoms with E-state index < -0.39 is 6.04 Å². The van der Waals surface area contributed by atoms with Crippen LogP contribution >= 0.6 is 0 Å². The molecule has 102 valence electrons. The molecule has 2 unspecified atom stereocenters. The van der Waals surface area contributed by atoms with E-state index in [-0.39, 0.29) is 18.1 Å². The maximum absolute atomic E-state index is 12.8. The summed E-state index contributed by atoms with van der Waals surface area (Å²) in [5.41, 5.74) is 2.33. The molecule has 4 nitrogen and oxygen atoms in total. The number of hydrogen-bond donors (Lipinski definition) is 0. The third-order valence-corrected chi connectivity index (χ3v) is 3.99. The minimum absolute atomic E-state index is 0.0503. The van der Waals surface area contributed by atoms with Crippen molar-refractivity contribution < 1.29 is 9.53 Å². The molecule has 0 bridgehead atoms. The highest BCUT2D eigenvalue weighted by Gasteiger charge is 2.55. The second-order valence-electron chi connectivity index (χ2n) is 5.20. The van der Waals surface area contributed by atoms with Crippen molar-refractivity contribution in [2.24, 2.45) is 0 Å². The smallest absolute Gasteiger partial charge is 0.259 e. The van der Waals surface area contributed by atoms with Gasteiger partial charge < -0.3 is 4.74 Å². The van der Waals surface area contributed by atoms with Crippen LogP contribution in [0.5, 0.6) is 0 Å². The minimum Gasteiger partial charge on any atom is -0.361 e. The predicted octanol–water partition coefficient (Wildman–Crippen LogP) is 2.68. The van der Waals surface area contributed by atoms with Crippen LogP contribution in [0.15, 0.2) is 54.6 Å². The first-order chi connectivity index (χ1) is 10.3. The zero-order valence-electron chi connectivity index (χ0n) is 11.1. The van der Waals surface area contributed by atoms with Crippen molar-refractivity contribution in [1.82, 2.24) is 0 Å². The van der Waals surface area contributed by atoms with Crippen molar-refractivity contribution in [3.8, 4) is 6.07 Å². The second kappa shape index (κ2) is 4.44. The molecule has 0 aliphatic carbocycles. The molecule has 0 spiro atoms. The van der Waals surface area contributed by atoms with Gasteiger partial charge in [-0.1, -0.05) is 36.4 Å². The number of ether oxygens (including phenoxy) is 1. The van der Waals surface area contributed by atoms with Crippen molar-refractivity contribution in [2.45, 2.75) is 18.2 Å². The fraction of sp³-hybridized carbons (Fsp3) is 0.176. The standard InChI is InChI=1S/C17H12N2O2/c18-10-14-16-15(21-16)12-8-4-5-9-13(12)19(14)17(20)11-6-2-1-3-7-11/h1-9,14-16H/t14-,15?,16?/m0/s1. The van der Waals surface area contributed by atoms with Gasteiger partial charge in [0.05, 0.1) is 11.8 Å². The van der Waals surface area contributed by atoms with Crippen LogP contribution in [0.1, 0.15) is 22.0 Å². The summed E-state index contributed by atoms with van der Waals surface area (Å²) >= 11 is 0. The Morgan fingerprint density at radius 1 is 1.10 bits per heavy atom. The monoisotopic (exact) mass is 276 g/mol. The van der Waals surface area contributed by atoms with Gasteiger partial charge in [0.2, 0.25) is 0 Å². The SMILES string of the molecule is N#C[C@H]1C2OC2c2ccccc2N1C(=O)c1ccccc1. The third-order valence-electron chi connectivity index (χ3n) is 3.99. The molecular formula is C17H12N2O2. The first-order valence-electron chi connectivity index (χ1n) is 6.84. The van der Waals surface area contributed by atoms with Crippen molar-refractivity contribution >= 4 is 11.6 Å². The summed E-state index contributed by atoms with van der Waals surface area (Å²) in [5.74, 6) is -0.163. The van der Waals surface area contributed by atoms with E-state index in [0.717, 1.165) is 11.3 Å². The molecule has 2 aliphatic heterocycles. The number of anilines is 1. The van der Waals surface area contributed by atoms with Crippen LogP contribution in [0.2, 0.25) is 0 Å². The van der Waals surface area contributed by atoms with E-state index in [9.17, 15) is 10.1 Å². The lowest BCUT2D eigenvalue weighted by Crippen LogP contribution is -2.45. The summed E-state index contributed by atoms with van der Waals surface area (Å²) in [4.78, 5) is 14.4. The lowest BCUT2D eigenvalue weighted by molar-refractivity contribution is 0.0977. The summed E-state index contributed by atoms with van der Waals surface area (Å²) in [7, 11) is 0. The highest BCUT2D eigenvalue weighted by atomic mass is 16.6. The third kappa shape index (κ3) is 1.75. The number of carbonyl (C=O) groups excluding carboxylic acids is 1. The van der Waals surface area contributed by atoms with Gasteiger partial charge in [0.15, 0.2) is 6.04 Å². The average Bonchev–Trinajstić information content (AvgIpc) is 3.34. The summed E-state index contributed by atoms with van der Waals surface area (Å²) in [6.45, 7) is 0. The number of carbonyl (C=O) groups is 1. The Hall–Kier alpha value is -2.64. The molecule has 0 radical (unpaired) electrons. The molecule has 2 aromatic carbocycles. The normalized spacial score (nSPS) is 25.5. The number of amides is 1. The van der Waals surface area contributed by atoms with Crippen LogP contribution in [0.25, 0.3) is 0 Å². The molecule has 1 amide bonds. The van der Waals surface area contributed by atoms with Crippen LogP contribution in [0.3, 0.4) is 0 Å². The summed E-state index contributed by atoms with van der Waals surface area (Å²) in [5, 5.41) is 9.46. The molecular weight excluding hydrogens is 264 g/mol. The van der Waals surface area contributed by atoms with Gasteiger partial charge in [0, 0.05) is 11.1 Å². The van der Waals surface area contributed by atoms with Crippen LogP contribution in [0, 0.1) is 11.3 Å². The number of hydrogen-bond acceptors (Lipinski definition) is 3. The van der Waals surface area contributed by atoms with Crippen molar-refractivity contribution in [3.63, 3.8) is 0 Å². The molecule has 21 heavy (non-hydrogen) atoms. The molecule has 1 saturated heterocycles. The van der Waals surface area contributed by atoms with Gasteiger partial charge in [0.25, 0.3) is 5.91 Å². The summed E-state index contributed by atoms with van der Waals surface area (Å²) in [6.07, 6.45) is -0.261. The van der Waals surface area contributed by atoms with Crippen molar-refractivity contribution in [1.29, 1.82) is 5.26 Å². The molecule has 4 heteroatoms. The Kier molecular flexibility index (Phi) is 2.56. The first-order valence-corrected chi connectivity index (χ1v) is 6.84. The maximum atomic E-state index is 12.8. The number of nitriles is 1. The van der Waals surface area contributed by atoms with E-state index in [1.54, 1.807) is 17.0 Å². The van der Waals surface area contributed by atoms with Crippen molar-refractivity contribution in [2.75, 3.05) is 4.90 Å². The Bertz CT molecular complexity index is 751. The van der Waals surface area contributed by atoms with E-state index >= 15 is 0 Å². The van der Waals surface area contributed by atoms with E-state index in [2.05, 4.69) is 6.07 Å². The van der Waals surface area contributed by atoms with E-state index in [0.29, 0.717) is 5.56 Å². The topological polar surface area (TPSA) is 56.6 Å². The Balaban J connectivity index is 1.83. The number of rotatable bonds is 1. The van der Waals surface area contributed by atoms with Crippen LogP contribution in [-0.2, 0) is 4.74 Å². The molecule has 2 aliphatic rings.